The van der Waals surface area contributed by atoms with E-state index in [-0.39, 0.29) is 5.56 Å². The van der Waals surface area contributed by atoms with E-state index in [0.717, 1.165) is 22.9 Å². The Kier molecular flexibility index (Phi) is 5.73. The number of hydrogen-bond acceptors (Lipinski definition) is 4. The molecule has 1 aromatic carbocycles. The van der Waals surface area contributed by atoms with Crippen LogP contribution in [-0.4, -0.2) is 19.6 Å². The van der Waals surface area contributed by atoms with Crippen LogP contribution >= 0.6 is 22.9 Å². The van der Waals surface area contributed by atoms with E-state index in [4.69, 9.17) is 11.6 Å². The van der Waals surface area contributed by atoms with Gasteiger partial charge in [-0.2, -0.15) is 0 Å². The fourth-order valence-electron chi connectivity index (χ4n) is 1.87. The Balaban J connectivity index is 1.83. The third kappa shape index (κ3) is 4.52. The first-order valence-corrected chi connectivity index (χ1v) is 7.61. The molecule has 0 radical (unpaired) electrons. The molecule has 3 nitrogen and oxygen atoms in total. The Labute approximate surface area is 131 Å². The zero-order valence-electron chi connectivity index (χ0n) is 11.5. The summed E-state index contributed by atoms with van der Waals surface area (Å²) in [5.41, 5.74) is 0.735. The summed E-state index contributed by atoms with van der Waals surface area (Å²) in [6.07, 6.45) is 0.875. The van der Waals surface area contributed by atoms with Crippen LogP contribution in [0.2, 0.25) is 4.34 Å². The van der Waals surface area contributed by atoms with E-state index in [9.17, 15) is 9.18 Å². The summed E-state index contributed by atoms with van der Waals surface area (Å²) >= 11 is 7.42. The molecule has 112 valence electrons. The van der Waals surface area contributed by atoms with E-state index in [1.807, 2.05) is 12.1 Å². The number of rotatable bonds is 6. The monoisotopic (exact) mass is 327 g/mol. The zero-order chi connectivity index (χ0) is 15.2. The third-order valence-corrected chi connectivity index (χ3v) is 4.24. The normalized spacial score (nSPS) is 10.6. The number of ether oxygens (including phenoxy) is 1. The first-order valence-electron chi connectivity index (χ1n) is 6.42. The van der Waals surface area contributed by atoms with Gasteiger partial charge in [0, 0.05) is 18.0 Å². The summed E-state index contributed by atoms with van der Waals surface area (Å²) in [6, 6.07) is 8.38. The lowest BCUT2D eigenvalue weighted by Gasteiger charge is -2.06. The van der Waals surface area contributed by atoms with Gasteiger partial charge in [0.15, 0.2) is 0 Å². The number of methoxy groups -OCH3 is 1. The van der Waals surface area contributed by atoms with E-state index in [1.165, 1.54) is 24.1 Å². The highest BCUT2D eigenvalue weighted by Crippen LogP contribution is 2.21. The van der Waals surface area contributed by atoms with Crippen LogP contribution in [0.4, 0.5) is 4.39 Å². The van der Waals surface area contributed by atoms with Gasteiger partial charge in [0.25, 0.3) is 0 Å². The molecule has 0 saturated carbocycles. The largest absolute Gasteiger partial charge is 0.465 e. The second-order valence-corrected chi connectivity index (χ2v) is 6.24. The molecule has 0 aliphatic heterocycles. The smallest absolute Gasteiger partial charge is 0.340 e. The lowest BCUT2D eigenvalue weighted by Crippen LogP contribution is -2.16. The maximum absolute atomic E-state index is 13.7. The molecular weight excluding hydrogens is 313 g/mol. The van der Waals surface area contributed by atoms with Crippen molar-refractivity contribution in [1.29, 1.82) is 0 Å². The molecule has 0 aliphatic rings. The van der Waals surface area contributed by atoms with Gasteiger partial charge in [-0.15, -0.1) is 11.3 Å². The van der Waals surface area contributed by atoms with Crippen LogP contribution in [0.3, 0.4) is 0 Å². The minimum atomic E-state index is -0.665. The van der Waals surface area contributed by atoms with Gasteiger partial charge in [-0.05, 0) is 36.2 Å². The molecular formula is C15H15ClFNO2S. The lowest BCUT2D eigenvalue weighted by molar-refractivity contribution is 0.0595. The van der Waals surface area contributed by atoms with Crippen LogP contribution in [0.1, 0.15) is 20.8 Å². The maximum atomic E-state index is 13.7. The van der Waals surface area contributed by atoms with Gasteiger partial charge in [0.2, 0.25) is 0 Å². The van der Waals surface area contributed by atoms with Crippen molar-refractivity contribution >= 4 is 28.9 Å². The molecule has 0 spiro atoms. The number of carbonyl (C=O) groups excluding carboxylic acids is 1. The van der Waals surface area contributed by atoms with Gasteiger partial charge in [0.05, 0.1) is 17.0 Å². The average molecular weight is 328 g/mol. The molecule has 0 aliphatic carbocycles. The van der Waals surface area contributed by atoms with Gasteiger partial charge < -0.3 is 10.1 Å². The first kappa shape index (κ1) is 15.9. The average Bonchev–Trinajstić information content (AvgIpc) is 2.88. The fraction of sp³-hybridized carbons (Fsp3) is 0.267. The van der Waals surface area contributed by atoms with Crippen LogP contribution in [0.25, 0.3) is 0 Å². The molecule has 2 aromatic rings. The Morgan fingerprint density at radius 3 is 2.81 bits per heavy atom. The predicted octanol–water partition coefficient (Wildman–Crippen LogP) is 3.66. The second-order valence-electron chi connectivity index (χ2n) is 4.44. The van der Waals surface area contributed by atoms with Crippen molar-refractivity contribution < 1.29 is 13.9 Å². The minimum Gasteiger partial charge on any atom is -0.465 e. The number of halogens is 2. The van der Waals surface area contributed by atoms with Gasteiger partial charge in [0.1, 0.15) is 5.82 Å². The van der Waals surface area contributed by atoms with Crippen molar-refractivity contribution in [2.45, 2.75) is 13.0 Å². The number of benzene rings is 1. The maximum Gasteiger partial charge on any atom is 0.340 e. The Bertz CT molecular complexity index is 630. The van der Waals surface area contributed by atoms with E-state index in [2.05, 4.69) is 10.1 Å². The van der Waals surface area contributed by atoms with Crippen LogP contribution in [-0.2, 0) is 17.7 Å². The summed E-state index contributed by atoms with van der Waals surface area (Å²) in [5, 5.41) is 3.23. The van der Waals surface area contributed by atoms with E-state index in [0.29, 0.717) is 6.54 Å². The van der Waals surface area contributed by atoms with E-state index >= 15 is 0 Å². The Morgan fingerprint density at radius 1 is 1.38 bits per heavy atom. The van der Waals surface area contributed by atoms with E-state index in [1.54, 1.807) is 17.4 Å². The quantitative estimate of drug-likeness (QED) is 0.650. The topological polar surface area (TPSA) is 38.3 Å². The third-order valence-electron chi connectivity index (χ3n) is 2.94. The molecule has 1 heterocycles. The summed E-state index contributed by atoms with van der Waals surface area (Å²) in [6.45, 7) is 1.31. The molecule has 0 amide bonds. The number of esters is 1. The van der Waals surface area contributed by atoms with Gasteiger partial charge in [-0.3, -0.25) is 0 Å². The minimum absolute atomic E-state index is 0.0468. The first-order chi connectivity index (χ1) is 10.1. The van der Waals surface area contributed by atoms with Crippen LogP contribution in [0.15, 0.2) is 30.3 Å². The van der Waals surface area contributed by atoms with E-state index < -0.39 is 11.8 Å². The van der Waals surface area contributed by atoms with Crippen molar-refractivity contribution in [3.8, 4) is 0 Å². The molecule has 1 aromatic heterocycles. The zero-order valence-corrected chi connectivity index (χ0v) is 13.1. The van der Waals surface area contributed by atoms with Crippen molar-refractivity contribution in [3.05, 3.63) is 56.5 Å². The molecule has 2 rings (SSSR count). The summed E-state index contributed by atoms with van der Waals surface area (Å²) in [7, 11) is 1.23. The standard InChI is InChI=1S/C15H15ClFNO2S/c1-20-15(19)12-4-2-10(8-13(12)17)9-18-7-6-11-3-5-14(16)21-11/h2-5,8,18H,6-7,9H2,1H3. The fourth-order valence-corrected chi connectivity index (χ4v) is 2.96. The summed E-state index contributed by atoms with van der Waals surface area (Å²) in [5.74, 6) is -1.23. The van der Waals surface area contributed by atoms with Crippen molar-refractivity contribution in [1.82, 2.24) is 5.32 Å². The molecule has 21 heavy (non-hydrogen) atoms. The van der Waals surface area contributed by atoms with Crippen molar-refractivity contribution in [2.75, 3.05) is 13.7 Å². The van der Waals surface area contributed by atoms with Gasteiger partial charge >= 0.3 is 5.97 Å². The SMILES string of the molecule is COC(=O)c1ccc(CNCCc2ccc(Cl)s2)cc1F. The highest BCUT2D eigenvalue weighted by Gasteiger charge is 2.11. The Hall–Kier alpha value is -1.43. The van der Waals surface area contributed by atoms with Gasteiger partial charge in [-0.1, -0.05) is 17.7 Å². The van der Waals surface area contributed by atoms with Crippen LogP contribution in [0.5, 0.6) is 0 Å². The second kappa shape index (κ2) is 7.54. The van der Waals surface area contributed by atoms with Crippen molar-refractivity contribution in [3.63, 3.8) is 0 Å². The molecule has 0 unspecified atom stereocenters. The summed E-state index contributed by atoms with van der Waals surface area (Å²) in [4.78, 5) is 12.5. The molecule has 0 bridgehead atoms. The van der Waals surface area contributed by atoms with Crippen LogP contribution in [0, 0.1) is 5.82 Å². The highest BCUT2D eigenvalue weighted by atomic mass is 35.5. The molecule has 0 fully saturated rings. The highest BCUT2D eigenvalue weighted by molar-refractivity contribution is 7.16. The molecule has 1 N–H and O–H groups in total. The molecule has 6 heteroatoms. The number of thiophene rings is 1. The number of carbonyl (C=O) groups is 1. The Morgan fingerprint density at radius 2 is 2.19 bits per heavy atom. The van der Waals surface area contributed by atoms with Crippen LogP contribution < -0.4 is 5.32 Å². The lowest BCUT2D eigenvalue weighted by atomic mass is 10.1. The predicted molar refractivity (Wildman–Crippen MR) is 82.5 cm³/mol. The van der Waals surface area contributed by atoms with Crippen molar-refractivity contribution in [2.24, 2.45) is 0 Å². The number of hydrogen-bond donors (Lipinski definition) is 1. The van der Waals surface area contributed by atoms with Gasteiger partial charge in [-0.25, -0.2) is 9.18 Å². The number of nitrogens with one attached hydrogen (secondary N) is 1. The molecule has 0 atom stereocenters. The molecule has 0 saturated heterocycles. The summed E-state index contributed by atoms with van der Waals surface area (Å²) < 4.78 is 19.0.